The van der Waals surface area contributed by atoms with Crippen molar-refractivity contribution in [2.45, 2.75) is 25.4 Å². The number of carbonyl (C=O) groups is 1. The molecule has 2 aromatic carbocycles. The van der Waals surface area contributed by atoms with Crippen LogP contribution in [0.4, 0.5) is 4.39 Å². The lowest BCUT2D eigenvalue weighted by Gasteiger charge is -2.32. The van der Waals surface area contributed by atoms with Gasteiger partial charge in [0.2, 0.25) is 0 Å². The van der Waals surface area contributed by atoms with Crippen molar-refractivity contribution in [3.8, 4) is 5.75 Å². The number of aromatic hydroxyl groups is 1. The van der Waals surface area contributed by atoms with E-state index in [0.717, 1.165) is 50.2 Å². The molecule has 1 saturated heterocycles. The highest BCUT2D eigenvalue weighted by atomic mass is 19.1. The van der Waals surface area contributed by atoms with E-state index >= 15 is 0 Å². The molecule has 0 spiro atoms. The molecular weight excluding hydrogens is 375 g/mol. The number of nitrogens with one attached hydrogen (secondary N) is 1. The van der Waals surface area contributed by atoms with E-state index < -0.39 is 11.7 Å². The second kappa shape index (κ2) is 8.05. The van der Waals surface area contributed by atoms with Crippen LogP contribution in [0.1, 0.15) is 29.0 Å². The standard InChI is InChI=1S/C22H21FN2O4/c23-15-4-5-18-19(27)12-21(29-20(18)11-15)22(28)24-16-6-8-25(9-7-16)13-14-2-1-3-17(26)10-14/h1-5,10-12,16,26H,6-9,13H2,(H,24,28). The molecule has 1 amide bonds. The van der Waals surface area contributed by atoms with Crippen LogP contribution in [0.25, 0.3) is 11.0 Å². The van der Waals surface area contributed by atoms with Gasteiger partial charge in [0.05, 0.1) is 5.39 Å². The molecule has 0 radical (unpaired) electrons. The fraction of sp³-hybridized carbons (Fsp3) is 0.273. The molecule has 2 heterocycles. The highest BCUT2D eigenvalue weighted by Crippen LogP contribution is 2.18. The smallest absolute Gasteiger partial charge is 0.287 e. The van der Waals surface area contributed by atoms with Gasteiger partial charge in [0.1, 0.15) is 17.1 Å². The average Bonchev–Trinajstić information content (AvgIpc) is 2.69. The number of hydrogen-bond acceptors (Lipinski definition) is 5. The summed E-state index contributed by atoms with van der Waals surface area (Å²) in [5.41, 5.74) is 0.721. The van der Waals surface area contributed by atoms with E-state index in [4.69, 9.17) is 4.42 Å². The zero-order chi connectivity index (χ0) is 20.4. The average molecular weight is 396 g/mol. The number of amides is 1. The monoisotopic (exact) mass is 396 g/mol. The number of benzene rings is 2. The Morgan fingerprint density at radius 1 is 1.17 bits per heavy atom. The van der Waals surface area contributed by atoms with E-state index in [1.807, 2.05) is 12.1 Å². The molecular formula is C22H21FN2O4. The lowest BCUT2D eigenvalue weighted by atomic mass is 10.0. The molecule has 1 aromatic heterocycles. The van der Waals surface area contributed by atoms with Gasteiger partial charge in [-0.1, -0.05) is 12.1 Å². The maximum absolute atomic E-state index is 13.4. The van der Waals surface area contributed by atoms with E-state index in [1.54, 1.807) is 12.1 Å². The number of hydrogen-bond donors (Lipinski definition) is 2. The Kier molecular flexibility index (Phi) is 5.31. The summed E-state index contributed by atoms with van der Waals surface area (Å²) in [4.78, 5) is 26.9. The number of phenolic OH excluding ortho intramolecular Hbond substituents is 1. The molecule has 4 rings (SSSR count). The van der Waals surface area contributed by atoms with Crippen LogP contribution < -0.4 is 10.7 Å². The molecule has 2 N–H and O–H groups in total. The Balaban J connectivity index is 1.37. The fourth-order valence-corrected chi connectivity index (χ4v) is 3.65. The van der Waals surface area contributed by atoms with Crippen LogP contribution in [0.5, 0.6) is 5.75 Å². The molecule has 0 unspecified atom stereocenters. The van der Waals surface area contributed by atoms with Gasteiger partial charge < -0.3 is 14.8 Å². The third-order valence-corrected chi connectivity index (χ3v) is 5.15. The summed E-state index contributed by atoms with van der Waals surface area (Å²) < 4.78 is 18.9. The van der Waals surface area contributed by atoms with Crippen LogP contribution in [-0.2, 0) is 6.54 Å². The Labute approximate surface area is 166 Å². The molecule has 0 bridgehead atoms. The van der Waals surface area contributed by atoms with Crippen molar-refractivity contribution in [3.63, 3.8) is 0 Å². The topological polar surface area (TPSA) is 82.8 Å². The van der Waals surface area contributed by atoms with Crippen LogP contribution in [0.2, 0.25) is 0 Å². The van der Waals surface area contributed by atoms with Gasteiger partial charge in [-0.2, -0.15) is 0 Å². The van der Waals surface area contributed by atoms with Gasteiger partial charge in [-0.25, -0.2) is 4.39 Å². The Hall–Kier alpha value is -3.19. The third kappa shape index (κ3) is 4.46. The predicted molar refractivity (Wildman–Crippen MR) is 106 cm³/mol. The first-order valence-corrected chi connectivity index (χ1v) is 9.52. The number of halogens is 1. The van der Waals surface area contributed by atoms with Crippen LogP contribution >= 0.6 is 0 Å². The summed E-state index contributed by atoms with van der Waals surface area (Å²) in [6.45, 7) is 2.33. The molecule has 1 fully saturated rings. The summed E-state index contributed by atoms with van der Waals surface area (Å²) >= 11 is 0. The Morgan fingerprint density at radius 3 is 2.72 bits per heavy atom. The van der Waals surface area contributed by atoms with Gasteiger partial charge in [0.15, 0.2) is 11.2 Å². The molecule has 0 aliphatic carbocycles. The number of piperidine rings is 1. The molecule has 150 valence electrons. The van der Waals surface area contributed by atoms with Gasteiger partial charge in [0.25, 0.3) is 5.91 Å². The molecule has 7 heteroatoms. The number of likely N-dealkylation sites (tertiary alicyclic amines) is 1. The number of fused-ring (bicyclic) bond motifs is 1. The first kappa shape index (κ1) is 19.1. The van der Waals surface area contributed by atoms with Gasteiger partial charge >= 0.3 is 0 Å². The minimum Gasteiger partial charge on any atom is -0.508 e. The Morgan fingerprint density at radius 2 is 1.97 bits per heavy atom. The second-order valence-corrected chi connectivity index (χ2v) is 7.31. The van der Waals surface area contributed by atoms with Gasteiger partial charge in [-0.05, 0) is 42.7 Å². The summed E-state index contributed by atoms with van der Waals surface area (Å²) in [5.74, 6) is -0.867. The van der Waals surface area contributed by atoms with Crippen molar-refractivity contribution in [1.29, 1.82) is 0 Å². The first-order valence-electron chi connectivity index (χ1n) is 9.52. The van der Waals surface area contributed by atoms with Gasteiger partial charge in [-0.15, -0.1) is 0 Å². The van der Waals surface area contributed by atoms with Crippen molar-refractivity contribution < 1.29 is 18.7 Å². The zero-order valence-corrected chi connectivity index (χ0v) is 15.7. The number of carbonyl (C=O) groups excluding carboxylic acids is 1. The van der Waals surface area contributed by atoms with Crippen LogP contribution in [0.15, 0.2) is 57.7 Å². The first-order chi connectivity index (χ1) is 14.0. The van der Waals surface area contributed by atoms with Crippen molar-refractivity contribution in [2.75, 3.05) is 13.1 Å². The van der Waals surface area contributed by atoms with Crippen molar-refractivity contribution >= 4 is 16.9 Å². The lowest BCUT2D eigenvalue weighted by molar-refractivity contribution is 0.0881. The van der Waals surface area contributed by atoms with Crippen molar-refractivity contribution in [2.24, 2.45) is 0 Å². The Bertz CT molecular complexity index is 1100. The third-order valence-electron chi connectivity index (χ3n) is 5.15. The number of nitrogens with zero attached hydrogens (tertiary/aromatic N) is 1. The zero-order valence-electron chi connectivity index (χ0n) is 15.7. The van der Waals surface area contributed by atoms with Crippen molar-refractivity contribution in [1.82, 2.24) is 10.2 Å². The summed E-state index contributed by atoms with van der Waals surface area (Å²) in [6, 6.07) is 11.9. The quantitative estimate of drug-likeness (QED) is 0.708. The second-order valence-electron chi connectivity index (χ2n) is 7.31. The molecule has 1 aliphatic rings. The van der Waals surface area contributed by atoms with E-state index in [9.17, 15) is 19.1 Å². The maximum Gasteiger partial charge on any atom is 0.287 e. The highest BCUT2D eigenvalue weighted by Gasteiger charge is 2.22. The lowest BCUT2D eigenvalue weighted by Crippen LogP contribution is -2.44. The minimum absolute atomic E-state index is 0.0311. The largest absolute Gasteiger partial charge is 0.508 e. The van der Waals surface area contributed by atoms with Crippen LogP contribution in [0, 0.1) is 5.82 Å². The number of rotatable bonds is 4. The molecule has 3 aromatic rings. The van der Waals surface area contributed by atoms with E-state index in [2.05, 4.69) is 10.2 Å². The summed E-state index contributed by atoms with van der Waals surface area (Å²) in [7, 11) is 0. The fourth-order valence-electron chi connectivity index (χ4n) is 3.65. The SMILES string of the molecule is O=C(NC1CCN(Cc2cccc(O)c2)CC1)c1cc(=O)c2ccc(F)cc2o1. The summed E-state index contributed by atoms with van der Waals surface area (Å²) in [5, 5.41) is 12.7. The molecule has 0 atom stereocenters. The molecule has 0 saturated carbocycles. The van der Waals surface area contributed by atoms with Gasteiger partial charge in [-0.3, -0.25) is 14.5 Å². The number of phenols is 1. The van der Waals surface area contributed by atoms with E-state index in [1.165, 1.54) is 12.1 Å². The van der Waals surface area contributed by atoms with E-state index in [0.29, 0.717) is 0 Å². The minimum atomic E-state index is -0.530. The summed E-state index contributed by atoms with van der Waals surface area (Å²) in [6.07, 6.45) is 1.52. The highest BCUT2D eigenvalue weighted by molar-refractivity contribution is 5.93. The van der Waals surface area contributed by atoms with E-state index in [-0.39, 0.29) is 33.9 Å². The van der Waals surface area contributed by atoms with Crippen LogP contribution in [-0.4, -0.2) is 35.0 Å². The molecule has 6 nitrogen and oxygen atoms in total. The van der Waals surface area contributed by atoms with Crippen LogP contribution in [0.3, 0.4) is 0 Å². The normalized spacial score (nSPS) is 15.5. The molecule has 1 aliphatic heterocycles. The molecule has 29 heavy (non-hydrogen) atoms. The maximum atomic E-state index is 13.4. The predicted octanol–water partition coefficient (Wildman–Crippen LogP) is 3.03. The van der Waals surface area contributed by atoms with Gasteiger partial charge in [0, 0.05) is 37.8 Å². The van der Waals surface area contributed by atoms with Crippen molar-refractivity contribution in [3.05, 3.63) is 75.9 Å².